The van der Waals surface area contributed by atoms with Gasteiger partial charge >= 0.3 is 0 Å². The molecule has 0 fully saturated rings. The Balaban J connectivity index is 2.08. The number of rotatable bonds is 7. The molecule has 1 heterocycles. The fourth-order valence-corrected chi connectivity index (χ4v) is 2.81. The second kappa shape index (κ2) is 9.22. The second-order valence-electron chi connectivity index (χ2n) is 4.94. The van der Waals surface area contributed by atoms with Crippen molar-refractivity contribution >= 4 is 21.9 Å². The number of guanidine groups is 1. The van der Waals surface area contributed by atoms with Crippen molar-refractivity contribution in [1.82, 2.24) is 10.6 Å². The SMILES string of the molecule is CCNC(=NCc1cc(Br)c(OC)c(OC)c1)NCc1ccco1. The van der Waals surface area contributed by atoms with E-state index in [0.29, 0.717) is 24.6 Å². The molecule has 2 aromatic rings. The molecule has 24 heavy (non-hydrogen) atoms. The Morgan fingerprint density at radius 1 is 1.25 bits per heavy atom. The zero-order chi connectivity index (χ0) is 17.4. The van der Waals surface area contributed by atoms with Crippen molar-refractivity contribution in [2.24, 2.45) is 4.99 Å². The fourth-order valence-electron chi connectivity index (χ4n) is 2.16. The normalized spacial score (nSPS) is 11.2. The molecule has 130 valence electrons. The molecular formula is C17H22BrN3O3. The van der Waals surface area contributed by atoms with Gasteiger partial charge in [0.15, 0.2) is 17.5 Å². The van der Waals surface area contributed by atoms with Gasteiger partial charge in [-0.1, -0.05) is 0 Å². The van der Waals surface area contributed by atoms with Gasteiger partial charge in [-0.05, 0) is 52.7 Å². The number of nitrogens with zero attached hydrogens (tertiary/aromatic N) is 1. The average molecular weight is 396 g/mol. The van der Waals surface area contributed by atoms with Crippen LogP contribution in [-0.4, -0.2) is 26.7 Å². The van der Waals surface area contributed by atoms with Crippen LogP contribution in [0.1, 0.15) is 18.2 Å². The maximum atomic E-state index is 5.36. The van der Waals surface area contributed by atoms with Crippen LogP contribution in [0.2, 0.25) is 0 Å². The van der Waals surface area contributed by atoms with E-state index in [0.717, 1.165) is 28.3 Å². The highest BCUT2D eigenvalue weighted by molar-refractivity contribution is 9.10. The molecule has 2 rings (SSSR count). The Hall–Kier alpha value is -2.15. The number of hydrogen-bond acceptors (Lipinski definition) is 4. The summed E-state index contributed by atoms with van der Waals surface area (Å²) in [4.78, 5) is 4.59. The molecule has 6 nitrogen and oxygen atoms in total. The van der Waals surface area contributed by atoms with E-state index < -0.39 is 0 Å². The molecule has 2 N–H and O–H groups in total. The lowest BCUT2D eigenvalue weighted by molar-refractivity contribution is 0.352. The zero-order valence-corrected chi connectivity index (χ0v) is 15.6. The van der Waals surface area contributed by atoms with Crippen LogP contribution < -0.4 is 20.1 Å². The van der Waals surface area contributed by atoms with Gasteiger partial charge in [0.2, 0.25) is 0 Å². The van der Waals surface area contributed by atoms with Crippen molar-refractivity contribution in [3.63, 3.8) is 0 Å². The van der Waals surface area contributed by atoms with Crippen molar-refractivity contribution in [2.75, 3.05) is 20.8 Å². The molecule has 0 saturated carbocycles. The number of ether oxygens (including phenoxy) is 2. The maximum absolute atomic E-state index is 5.36. The molecule has 1 aromatic carbocycles. The first-order valence-electron chi connectivity index (χ1n) is 7.62. The maximum Gasteiger partial charge on any atom is 0.191 e. The summed E-state index contributed by atoms with van der Waals surface area (Å²) in [6.45, 7) is 3.89. The molecule has 0 bridgehead atoms. The number of hydrogen-bond donors (Lipinski definition) is 2. The molecule has 7 heteroatoms. The summed E-state index contributed by atoms with van der Waals surface area (Å²) in [5.74, 6) is 2.92. The predicted molar refractivity (Wildman–Crippen MR) is 97.6 cm³/mol. The molecule has 0 spiro atoms. The number of benzene rings is 1. The largest absolute Gasteiger partial charge is 0.493 e. The van der Waals surface area contributed by atoms with Crippen molar-refractivity contribution in [2.45, 2.75) is 20.0 Å². The molecule has 0 aliphatic heterocycles. The van der Waals surface area contributed by atoms with Crippen LogP contribution in [0, 0.1) is 0 Å². The highest BCUT2D eigenvalue weighted by atomic mass is 79.9. The van der Waals surface area contributed by atoms with Crippen LogP contribution in [0.15, 0.2) is 44.4 Å². The monoisotopic (exact) mass is 395 g/mol. The number of methoxy groups -OCH3 is 2. The standard InChI is InChI=1S/C17H22BrN3O3/c1-4-19-17(21-11-13-6-5-7-24-13)20-10-12-8-14(18)16(23-3)15(9-12)22-2/h5-9H,4,10-11H2,1-3H3,(H2,19,20,21). The minimum absolute atomic E-state index is 0.506. The number of halogens is 1. The average Bonchev–Trinajstić information content (AvgIpc) is 3.10. The molecular weight excluding hydrogens is 374 g/mol. The van der Waals surface area contributed by atoms with E-state index in [4.69, 9.17) is 13.9 Å². The summed E-state index contributed by atoms with van der Waals surface area (Å²) >= 11 is 3.50. The number of nitrogens with one attached hydrogen (secondary N) is 2. The van der Waals surface area contributed by atoms with Crippen LogP contribution in [0.5, 0.6) is 11.5 Å². The van der Waals surface area contributed by atoms with Gasteiger partial charge in [0.05, 0.1) is 38.0 Å². The Bertz CT molecular complexity index is 672. The van der Waals surface area contributed by atoms with Gasteiger partial charge in [0.25, 0.3) is 0 Å². The summed E-state index contributed by atoms with van der Waals surface area (Å²) in [7, 11) is 3.23. The molecule has 0 aliphatic carbocycles. The van der Waals surface area contributed by atoms with E-state index in [1.165, 1.54) is 0 Å². The lowest BCUT2D eigenvalue weighted by atomic mass is 10.2. The molecule has 1 aromatic heterocycles. The molecule has 0 radical (unpaired) electrons. The summed E-state index contributed by atoms with van der Waals surface area (Å²) in [5, 5.41) is 6.45. The van der Waals surface area contributed by atoms with E-state index in [9.17, 15) is 0 Å². The minimum atomic E-state index is 0.506. The van der Waals surface area contributed by atoms with E-state index in [-0.39, 0.29) is 0 Å². The third kappa shape index (κ3) is 4.92. The Labute approximate surface area is 150 Å². The third-order valence-corrected chi connectivity index (χ3v) is 3.86. The predicted octanol–water partition coefficient (Wildman–Crippen LogP) is 3.31. The van der Waals surface area contributed by atoms with Gasteiger partial charge in [0.1, 0.15) is 5.76 Å². The van der Waals surface area contributed by atoms with Crippen molar-refractivity contribution in [3.8, 4) is 11.5 Å². The summed E-state index contributed by atoms with van der Waals surface area (Å²) in [6, 6.07) is 7.67. The quantitative estimate of drug-likeness (QED) is 0.555. The Morgan fingerprint density at radius 2 is 2.08 bits per heavy atom. The van der Waals surface area contributed by atoms with Crippen LogP contribution in [-0.2, 0) is 13.1 Å². The van der Waals surface area contributed by atoms with Crippen molar-refractivity contribution in [1.29, 1.82) is 0 Å². The van der Waals surface area contributed by atoms with E-state index in [2.05, 4.69) is 31.6 Å². The van der Waals surface area contributed by atoms with Gasteiger partial charge in [-0.25, -0.2) is 4.99 Å². The lowest BCUT2D eigenvalue weighted by Gasteiger charge is -2.12. The van der Waals surface area contributed by atoms with Crippen LogP contribution in [0.4, 0.5) is 0 Å². The molecule has 0 amide bonds. The van der Waals surface area contributed by atoms with E-state index in [1.54, 1.807) is 20.5 Å². The van der Waals surface area contributed by atoms with Gasteiger partial charge < -0.3 is 24.5 Å². The summed E-state index contributed by atoms with van der Waals surface area (Å²) < 4.78 is 16.8. The lowest BCUT2D eigenvalue weighted by Crippen LogP contribution is -2.36. The first-order valence-corrected chi connectivity index (χ1v) is 8.42. The van der Waals surface area contributed by atoms with Gasteiger partial charge in [0, 0.05) is 6.54 Å². The van der Waals surface area contributed by atoms with Gasteiger partial charge in [-0.3, -0.25) is 0 Å². The molecule has 0 saturated heterocycles. The van der Waals surface area contributed by atoms with Crippen LogP contribution in [0.3, 0.4) is 0 Å². The fraction of sp³-hybridized carbons (Fsp3) is 0.353. The van der Waals surface area contributed by atoms with Crippen LogP contribution >= 0.6 is 15.9 Å². The van der Waals surface area contributed by atoms with Crippen molar-refractivity contribution in [3.05, 3.63) is 46.3 Å². The van der Waals surface area contributed by atoms with E-state index >= 15 is 0 Å². The smallest absolute Gasteiger partial charge is 0.191 e. The Kier molecular flexibility index (Phi) is 6.99. The first-order chi connectivity index (χ1) is 11.7. The number of furan rings is 1. The zero-order valence-electron chi connectivity index (χ0n) is 14.1. The van der Waals surface area contributed by atoms with Crippen molar-refractivity contribution < 1.29 is 13.9 Å². The van der Waals surface area contributed by atoms with Gasteiger partial charge in [-0.15, -0.1) is 0 Å². The number of aliphatic imine (C=N–C) groups is 1. The topological polar surface area (TPSA) is 68.0 Å². The molecule has 0 unspecified atom stereocenters. The Morgan fingerprint density at radius 3 is 2.71 bits per heavy atom. The highest BCUT2D eigenvalue weighted by Crippen LogP contribution is 2.36. The first kappa shape index (κ1) is 18.2. The highest BCUT2D eigenvalue weighted by Gasteiger charge is 2.10. The van der Waals surface area contributed by atoms with Gasteiger partial charge in [-0.2, -0.15) is 0 Å². The third-order valence-electron chi connectivity index (χ3n) is 3.27. The second-order valence-corrected chi connectivity index (χ2v) is 5.80. The van der Waals surface area contributed by atoms with Crippen LogP contribution in [0.25, 0.3) is 0 Å². The summed E-state index contributed by atoms with van der Waals surface area (Å²) in [5.41, 5.74) is 1.01. The molecule has 0 aliphatic rings. The molecule has 0 atom stereocenters. The summed E-state index contributed by atoms with van der Waals surface area (Å²) in [6.07, 6.45) is 1.65. The minimum Gasteiger partial charge on any atom is -0.493 e. The van der Waals surface area contributed by atoms with E-state index in [1.807, 2.05) is 31.2 Å².